The van der Waals surface area contributed by atoms with Crippen LogP contribution in [0.5, 0.6) is 0 Å². The molecule has 0 aromatic heterocycles. The first-order valence-electron chi connectivity index (χ1n) is 5.78. The fraction of sp³-hybridized carbons (Fsp3) is 0.462. The molecule has 2 N–H and O–H groups in total. The summed E-state index contributed by atoms with van der Waals surface area (Å²) in [5, 5.41) is 0. The van der Waals surface area contributed by atoms with Gasteiger partial charge in [-0.15, -0.1) is 0 Å². The maximum absolute atomic E-state index is 11.3. The number of rotatable bonds is 7. The van der Waals surface area contributed by atoms with Gasteiger partial charge in [0.2, 0.25) is 0 Å². The largest absolute Gasteiger partial charge is 0.465 e. The normalized spacial score (nSPS) is 12.1. The minimum atomic E-state index is -0.488. The molecular formula is C13H19NO2S. The van der Waals surface area contributed by atoms with E-state index in [1.165, 1.54) is 5.56 Å². The molecule has 94 valence electrons. The van der Waals surface area contributed by atoms with Gasteiger partial charge in [-0.05, 0) is 24.7 Å². The van der Waals surface area contributed by atoms with Crippen LogP contribution in [0.1, 0.15) is 18.9 Å². The van der Waals surface area contributed by atoms with Crippen LogP contribution < -0.4 is 5.73 Å². The molecule has 1 unspecified atom stereocenters. The Bertz CT molecular complexity index is 329. The number of hydrogen-bond donors (Lipinski definition) is 1. The molecule has 1 atom stereocenters. The highest BCUT2D eigenvalue weighted by atomic mass is 32.2. The summed E-state index contributed by atoms with van der Waals surface area (Å²) in [5.74, 6) is 1.53. The average Bonchev–Trinajstić information content (AvgIpc) is 2.36. The molecule has 3 nitrogen and oxygen atoms in total. The molecule has 1 rings (SSSR count). The molecule has 0 bridgehead atoms. The molecule has 0 fully saturated rings. The van der Waals surface area contributed by atoms with E-state index in [1.54, 1.807) is 18.7 Å². The zero-order valence-corrected chi connectivity index (χ0v) is 10.9. The number of ether oxygens (including phenoxy) is 1. The van der Waals surface area contributed by atoms with Gasteiger partial charge in [0, 0.05) is 5.75 Å². The maximum atomic E-state index is 11.3. The van der Waals surface area contributed by atoms with Gasteiger partial charge in [-0.1, -0.05) is 30.3 Å². The summed E-state index contributed by atoms with van der Waals surface area (Å²) in [6, 6.07) is 9.76. The lowest BCUT2D eigenvalue weighted by Gasteiger charge is -2.09. The Morgan fingerprint density at radius 1 is 1.41 bits per heavy atom. The number of thioether (sulfide) groups is 1. The molecule has 0 spiro atoms. The van der Waals surface area contributed by atoms with E-state index in [9.17, 15) is 4.79 Å². The lowest BCUT2D eigenvalue weighted by Crippen LogP contribution is -2.32. The Morgan fingerprint density at radius 3 is 2.76 bits per heavy atom. The molecular weight excluding hydrogens is 234 g/mol. The minimum Gasteiger partial charge on any atom is -0.465 e. The summed E-state index contributed by atoms with van der Waals surface area (Å²) in [6.45, 7) is 2.18. The summed E-state index contributed by atoms with van der Waals surface area (Å²) < 4.78 is 4.85. The van der Waals surface area contributed by atoms with Gasteiger partial charge < -0.3 is 10.5 Å². The van der Waals surface area contributed by atoms with E-state index in [1.807, 2.05) is 18.2 Å². The molecule has 17 heavy (non-hydrogen) atoms. The number of esters is 1. The van der Waals surface area contributed by atoms with E-state index in [4.69, 9.17) is 10.5 Å². The van der Waals surface area contributed by atoms with Crippen LogP contribution in [0.2, 0.25) is 0 Å². The highest BCUT2D eigenvalue weighted by molar-refractivity contribution is 7.98. The highest BCUT2D eigenvalue weighted by Gasteiger charge is 2.13. The Hall–Kier alpha value is -1.00. The molecule has 0 aliphatic carbocycles. The zero-order valence-electron chi connectivity index (χ0n) is 10.1. The smallest absolute Gasteiger partial charge is 0.322 e. The zero-order chi connectivity index (χ0) is 12.5. The third kappa shape index (κ3) is 5.75. The third-order valence-corrected chi connectivity index (χ3v) is 3.34. The number of nitrogens with two attached hydrogens (primary N) is 1. The van der Waals surface area contributed by atoms with Gasteiger partial charge in [0.1, 0.15) is 6.04 Å². The van der Waals surface area contributed by atoms with Gasteiger partial charge >= 0.3 is 5.97 Å². The van der Waals surface area contributed by atoms with Crippen LogP contribution in [0.25, 0.3) is 0 Å². The Labute approximate surface area is 107 Å². The van der Waals surface area contributed by atoms with Crippen LogP contribution in [-0.2, 0) is 15.3 Å². The standard InChI is InChI=1S/C13H19NO2S/c1-2-16-13(15)12(14)8-9-17-10-11-6-4-3-5-7-11/h3-7,12H,2,8-10,14H2,1H3. The quantitative estimate of drug-likeness (QED) is 0.598. The van der Waals surface area contributed by atoms with Crippen molar-refractivity contribution in [1.82, 2.24) is 0 Å². The molecule has 0 amide bonds. The van der Waals surface area contributed by atoms with Crippen LogP contribution in [-0.4, -0.2) is 24.4 Å². The molecule has 0 saturated heterocycles. The lowest BCUT2D eigenvalue weighted by molar-refractivity contribution is -0.144. The number of hydrogen-bond acceptors (Lipinski definition) is 4. The second-order valence-electron chi connectivity index (χ2n) is 3.69. The minimum absolute atomic E-state index is 0.298. The van der Waals surface area contributed by atoms with Crippen molar-refractivity contribution in [2.24, 2.45) is 5.73 Å². The average molecular weight is 253 g/mol. The summed E-state index contributed by atoms with van der Waals surface area (Å²) in [5.41, 5.74) is 6.99. The van der Waals surface area contributed by atoms with E-state index < -0.39 is 6.04 Å². The second kappa shape index (κ2) is 8.14. The van der Waals surface area contributed by atoms with Crippen LogP contribution in [0.3, 0.4) is 0 Å². The van der Waals surface area contributed by atoms with Gasteiger partial charge in [0.05, 0.1) is 6.61 Å². The first-order chi connectivity index (χ1) is 8.24. The Kier molecular flexibility index (Phi) is 6.74. The van der Waals surface area contributed by atoms with Gasteiger partial charge in [-0.3, -0.25) is 4.79 Å². The number of carbonyl (C=O) groups excluding carboxylic acids is 1. The van der Waals surface area contributed by atoms with E-state index in [-0.39, 0.29) is 5.97 Å². The van der Waals surface area contributed by atoms with Crippen molar-refractivity contribution < 1.29 is 9.53 Å². The van der Waals surface area contributed by atoms with E-state index >= 15 is 0 Å². The van der Waals surface area contributed by atoms with Crippen molar-refractivity contribution in [3.63, 3.8) is 0 Å². The molecule has 0 aliphatic rings. The van der Waals surface area contributed by atoms with Crippen LogP contribution in [0.4, 0.5) is 0 Å². The van der Waals surface area contributed by atoms with E-state index in [2.05, 4.69) is 12.1 Å². The van der Waals surface area contributed by atoms with E-state index in [0.29, 0.717) is 13.0 Å². The fourth-order valence-electron chi connectivity index (χ4n) is 1.34. The van der Waals surface area contributed by atoms with Crippen LogP contribution in [0, 0.1) is 0 Å². The first kappa shape index (κ1) is 14.1. The predicted molar refractivity (Wildman–Crippen MR) is 71.8 cm³/mol. The summed E-state index contributed by atoms with van der Waals surface area (Å²) >= 11 is 1.78. The van der Waals surface area contributed by atoms with Gasteiger partial charge in [-0.2, -0.15) is 11.8 Å². The van der Waals surface area contributed by atoms with Crippen molar-refractivity contribution >= 4 is 17.7 Å². The first-order valence-corrected chi connectivity index (χ1v) is 6.93. The lowest BCUT2D eigenvalue weighted by atomic mass is 10.2. The number of benzene rings is 1. The Balaban J connectivity index is 2.14. The topological polar surface area (TPSA) is 52.3 Å². The van der Waals surface area contributed by atoms with Gasteiger partial charge in [0.15, 0.2) is 0 Å². The second-order valence-corrected chi connectivity index (χ2v) is 4.79. The van der Waals surface area contributed by atoms with Crippen molar-refractivity contribution in [2.45, 2.75) is 25.1 Å². The van der Waals surface area contributed by atoms with Crippen molar-refractivity contribution in [3.05, 3.63) is 35.9 Å². The third-order valence-electron chi connectivity index (χ3n) is 2.27. The van der Waals surface area contributed by atoms with Gasteiger partial charge in [0.25, 0.3) is 0 Å². The maximum Gasteiger partial charge on any atom is 0.322 e. The molecule has 0 saturated carbocycles. The summed E-state index contributed by atoms with van der Waals surface area (Å²) in [6.07, 6.45) is 0.663. The molecule has 0 aliphatic heterocycles. The fourth-order valence-corrected chi connectivity index (χ4v) is 2.33. The van der Waals surface area contributed by atoms with E-state index in [0.717, 1.165) is 11.5 Å². The predicted octanol–water partition coefficient (Wildman–Crippen LogP) is 2.20. The SMILES string of the molecule is CCOC(=O)C(N)CCSCc1ccccc1. The van der Waals surface area contributed by atoms with Gasteiger partial charge in [-0.25, -0.2) is 0 Å². The molecule has 1 aromatic carbocycles. The highest BCUT2D eigenvalue weighted by Crippen LogP contribution is 2.13. The van der Waals surface area contributed by atoms with Crippen molar-refractivity contribution in [1.29, 1.82) is 0 Å². The molecule has 0 radical (unpaired) electrons. The molecule has 0 heterocycles. The van der Waals surface area contributed by atoms with Crippen LogP contribution >= 0.6 is 11.8 Å². The van der Waals surface area contributed by atoms with Crippen molar-refractivity contribution in [2.75, 3.05) is 12.4 Å². The summed E-state index contributed by atoms with van der Waals surface area (Å²) in [7, 11) is 0. The van der Waals surface area contributed by atoms with Crippen LogP contribution in [0.15, 0.2) is 30.3 Å². The Morgan fingerprint density at radius 2 is 2.12 bits per heavy atom. The molecule has 4 heteroatoms. The number of carbonyl (C=O) groups is 1. The van der Waals surface area contributed by atoms with Crippen molar-refractivity contribution in [3.8, 4) is 0 Å². The molecule has 1 aromatic rings. The monoisotopic (exact) mass is 253 g/mol. The summed E-state index contributed by atoms with van der Waals surface area (Å²) in [4.78, 5) is 11.3.